The molecular weight excluding hydrogens is 443 g/mol. The molecule has 5 nitrogen and oxygen atoms in total. The minimum absolute atomic E-state index is 0.192. The zero-order chi connectivity index (χ0) is 24.1. The number of rotatable bonds is 5. The maximum Gasteiger partial charge on any atom is 0.416 e. The molecule has 4 rings (SSSR count). The Morgan fingerprint density at radius 3 is 2.21 bits per heavy atom. The Bertz CT molecular complexity index is 1160. The van der Waals surface area contributed by atoms with Crippen molar-refractivity contribution in [3.8, 4) is 0 Å². The first kappa shape index (κ1) is 23.5. The third kappa shape index (κ3) is 5.63. The lowest BCUT2D eigenvalue weighted by Gasteiger charge is -2.35. The number of nitrogens with one attached hydrogen (secondary N) is 1. The number of amides is 2. The topological polar surface area (TPSA) is 52.7 Å². The predicted octanol–water partition coefficient (Wildman–Crippen LogP) is 4.92. The van der Waals surface area contributed by atoms with E-state index in [2.05, 4.69) is 5.32 Å². The smallest absolute Gasteiger partial charge is 0.336 e. The maximum atomic E-state index is 13.2. The van der Waals surface area contributed by atoms with E-state index in [0.29, 0.717) is 55.1 Å². The fourth-order valence-electron chi connectivity index (χ4n) is 3.95. The molecular formula is C26H24F3N3O2. The van der Waals surface area contributed by atoms with Gasteiger partial charge in [-0.3, -0.25) is 14.5 Å². The predicted molar refractivity (Wildman–Crippen MR) is 123 cm³/mol. The van der Waals surface area contributed by atoms with E-state index in [9.17, 15) is 22.8 Å². The molecule has 1 N–H and O–H groups in total. The highest BCUT2D eigenvalue weighted by Gasteiger charge is 2.30. The van der Waals surface area contributed by atoms with E-state index < -0.39 is 11.7 Å². The van der Waals surface area contributed by atoms with E-state index in [-0.39, 0.29) is 11.8 Å². The highest BCUT2D eigenvalue weighted by Crippen LogP contribution is 2.30. The van der Waals surface area contributed by atoms with Crippen LogP contribution in [0.5, 0.6) is 0 Å². The second kappa shape index (κ2) is 10.1. The van der Waals surface area contributed by atoms with Crippen molar-refractivity contribution in [2.75, 3.05) is 31.5 Å². The van der Waals surface area contributed by atoms with Crippen molar-refractivity contribution in [3.63, 3.8) is 0 Å². The monoisotopic (exact) mass is 467 g/mol. The normalized spacial score (nSPS) is 14.6. The van der Waals surface area contributed by atoms with Gasteiger partial charge in [-0.15, -0.1) is 0 Å². The zero-order valence-electron chi connectivity index (χ0n) is 18.4. The number of piperazine rings is 1. The molecule has 1 aliphatic heterocycles. The van der Waals surface area contributed by atoms with Gasteiger partial charge in [-0.2, -0.15) is 13.2 Å². The Kier molecular flexibility index (Phi) is 6.98. The summed E-state index contributed by atoms with van der Waals surface area (Å²) in [6, 6.07) is 21.0. The van der Waals surface area contributed by atoms with Crippen LogP contribution < -0.4 is 5.32 Å². The second-order valence-electron chi connectivity index (χ2n) is 8.13. The van der Waals surface area contributed by atoms with Gasteiger partial charge in [0.15, 0.2) is 0 Å². The Hall–Kier alpha value is -3.65. The third-order valence-corrected chi connectivity index (χ3v) is 5.76. The molecule has 0 aliphatic carbocycles. The Balaban J connectivity index is 1.38. The first-order valence-corrected chi connectivity index (χ1v) is 10.9. The third-order valence-electron chi connectivity index (χ3n) is 5.76. The molecule has 2 amide bonds. The first-order chi connectivity index (χ1) is 16.3. The molecule has 3 aromatic rings. The second-order valence-corrected chi connectivity index (χ2v) is 8.13. The summed E-state index contributed by atoms with van der Waals surface area (Å²) >= 11 is 0. The van der Waals surface area contributed by atoms with Gasteiger partial charge in [0.1, 0.15) is 0 Å². The van der Waals surface area contributed by atoms with Crippen LogP contribution in [0, 0.1) is 0 Å². The lowest BCUT2D eigenvalue weighted by Crippen LogP contribution is -2.48. The summed E-state index contributed by atoms with van der Waals surface area (Å²) in [4.78, 5) is 29.5. The molecule has 0 spiro atoms. The van der Waals surface area contributed by atoms with Crippen LogP contribution in [0.15, 0.2) is 78.9 Å². The molecule has 1 heterocycles. The molecule has 0 bridgehead atoms. The summed E-state index contributed by atoms with van der Waals surface area (Å²) in [7, 11) is 0. The SMILES string of the molecule is O=C(Nc1ccccc1C(=O)N1CCN(Cc2cccc(C(F)(F)F)c2)CC1)c1ccccc1. The molecule has 3 aromatic carbocycles. The van der Waals surface area contributed by atoms with Crippen LogP contribution in [0.4, 0.5) is 18.9 Å². The molecule has 8 heteroatoms. The van der Waals surface area contributed by atoms with Crippen molar-refractivity contribution in [1.29, 1.82) is 0 Å². The van der Waals surface area contributed by atoms with E-state index in [1.165, 1.54) is 12.1 Å². The quantitative estimate of drug-likeness (QED) is 0.580. The highest BCUT2D eigenvalue weighted by atomic mass is 19.4. The largest absolute Gasteiger partial charge is 0.416 e. The molecule has 1 fully saturated rings. The number of anilines is 1. The zero-order valence-corrected chi connectivity index (χ0v) is 18.4. The summed E-state index contributed by atoms with van der Waals surface area (Å²) in [5.41, 5.74) is 1.26. The van der Waals surface area contributed by atoms with Gasteiger partial charge in [-0.25, -0.2) is 0 Å². The first-order valence-electron chi connectivity index (χ1n) is 10.9. The van der Waals surface area contributed by atoms with Crippen molar-refractivity contribution in [2.24, 2.45) is 0 Å². The van der Waals surface area contributed by atoms with Crippen molar-refractivity contribution < 1.29 is 22.8 Å². The number of para-hydroxylation sites is 1. The summed E-state index contributed by atoms with van der Waals surface area (Å²) < 4.78 is 38.9. The Morgan fingerprint density at radius 1 is 0.824 bits per heavy atom. The molecule has 0 aromatic heterocycles. The number of carbonyl (C=O) groups is 2. The van der Waals surface area contributed by atoms with Gasteiger partial charge < -0.3 is 10.2 Å². The molecule has 176 valence electrons. The summed E-state index contributed by atoms with van der Waals surface area (Å²) in [6.07, 6.45) is -4.37. The van der Waals surface area contributed by atoms with E-state index >= 15 is 0 Å². The minimum Gasteiger partial charge on any atom is -0.336 e. The van der Waals surface area contributed by atoms with Gasteiger partial charge in [0.05, 0.1) is 16.8 Å². The number of benzene rings is 3. The Labute approximate surface area is 195 Å². The van der Waals surface area contributed by atoms with Gasteiger partial charge in [0.2, 0.25) is 0 Å². The molecule has 34 heavy (non-hydrogen) atoms. The Morgan fingerprint density at radius 2 is 1.50 bits per heavy atom. The number of nitrogens with zero attached hydrogens (tertiary/aromatic N) is 2. The fourth-order valence-corrected chi connectivity index (χ4v) is 3.95. The van der Waals surface area contributed by atoms with E-state index in [1.807, 2.05) is 11.0 Å². The molecule has 0 unspecified atom stereocenters. The minimum atomic E-state index is -4.37. The molecule has 1 saturated heterocycles. The number of halogens is 3. The van der Waals surface area contributed by atoms with Crippen LogP contribution in [0.1, 0.15) is 31.8 Å². The van der Waals surface area contributed by atoms with Crippen LogP contribution >= 0.6 is 0 Å². The maximum absolute atomic E-state index is 13.2. The van der Waals surface area contributed by atoms with Gasteiger partial charge in [0, 0.05) is 38.3 Å². The summed E-state index contributed by atoms with van der Waals surface area (Å²) in [5, 5.41) is 2.82. The average molecular weight is 467 g/mol. The molecule has 0 saturated carbocycles. The number of hydrogen-bond acceptors (Lipinski definition) is 3. The van der Waals surface area contributed by atoms with Crippen molar-refractivity contribution in [3.05, 3.63) is 101 Å². The van der Waals surface area contributed by atoms with Crippen LogP contribution in [0.3, 0.4) is 0 Å². The molecule has 1 aliphatic rings. The lowest BCUT2D eigenvalue weighted by atomic mass is 10.1. The number of carbonyl (C=O) groups excluding carboxylic acids is 2. The van der Waals surface area contributed by atoms with E-state index in [0.717, 1.165) is 6.07 Å². The molecule has 0 radical (unpaired) electrons. The summed E-state index contributed by atoms with van der Waals surface area (Å²) in [5.74, 6) is -0.491. The van der Waals surface area contributed by atoms with Gasteiger partial charge in [0.25, 0.3) is 11.8 Å². The van der Waals surface area contributed by atoms with Crippen LogP contribution in [0.2, 0.25) is 0 Å². The average Bonchev–Trinajstić information content (AvgIpc) is 2.85. The highest BCUT2D eigenvalue weighted by molar-refractivity contribution is 6.09. The van der Waals surface area contributed by atoms with Crippen LogP contribution in [-0.4, -0.2) is 47.8 Å². The van der Waals surface area contributed by atoms with E-state index in [4.69, 9.17) is 0 Å². The van der Waals surface area contributed by atoms with Crippen LogP contribution in [-0.2, 0) is 12.7 Å². The standard InChI is InChI=1S/C26H24F3N3O2/c27-26(28,29)21-10-6-7-19(17-21)18-31-13-15-32(16-14-31)25(34)22-11-4-5-12-23(22)30-24(33)20-8-2-1-3-9-20/h1-12,17H,13-16,18H2,(H,30,33). The van der Waals surface area contributed by atoms with E-state index in [1.54, 1.807) is 59.5 Å². The van der Waals surface area contributed by atoms with Gasteiger partial charge >= 0.3 is 6.18 Å². The summed E-state index contributed by atoms with van der Waals surface area (Å²) in [6.45, 7) is 2.36. The lowest BCUT2D eigenvalue weighted by molar-refractivity contribution is -0.137. The van der Waals surface area contributed by atoms with Crippen molar-refractivity contribution in [1.82, 2.24) is 9.80 Å². The van der Waals surface area contributed by atoms with Crippen molar-refractivity contribution >= 4 is 17.5 Å². The van der Waals surface area contributed by atoms with Crippen LogP contribution in [0.25, 0.3) is 0 Å². The van der Waals surface area contributed by atoms with Crippen molar-refractivity contribution in [2.45, 2.75) is 12.7 Å². The fraction of sp³-hybridized carbons (Fsp3) is 0.231. The number of alkyl halides is 3. The van der Waals surface area contributed by atoms with Gasteiger partial charge in [-0.1, -0.05) is 48.5 Å². The molecule has 0 atom stereocenters. The number of hydrogen-bond donors (Lipinski definition) is 1. The van der Waals surface area contributed by atoms with Gasteiger partial charge in [-0.05, 0) is 35.9 Å².